The van der Waals surface area contributed by atoms with Gasteiger partial charge in [0.1, 0.15) is 5.82 Å². The Morgan fingerprint density at radius 2 is 2.19 bits per heavy atom. The third-order valence-electron chi connectivity index (χ3n) is 2.38. The van der Waals surface area contributed by atoms with Gasteiger partial charge in [0.05, 0.1) is 6.61 Å². The van der Waals surface area contributed by atoms with Crippen molar-refractivity contribution < 1.29 is 4.74 Å². The van der Waals surface area contributed by atoms with Gasteiger partial charge in [0, 0.05) is 12.6 Å². The lowest BCUT2D eigenvalue weighted by atomic mass is 10.1. The number of hydrogen-bond acceptors (Lipinski definition) is 3. The third kappa shape index (κ3) is 4.51. The van der Waals surface area contributed by atoms with Crippen LogP contribution in [0.4, 0.5) is 5.82 Å². The average Bonchev–Trinajstić information content (AvgIpc) is 2.28. The first-order valence-corrected chi connectivity index (χ1v) is 6.10. The highest BCUT2D eigenvalue weighted by Gasteiger charge is 2.03. The van der Waals surface area contributed by atoms with Crippen LogP contribution in [-0.2, 0) is 0 Å². The molecule has 3 heteroatoms. The lowest BCUT2D eigenvalue weighted by Gasteiger charge is -2.12. The van der Waals surface area contributed by atoms with Crippen LogP contribution in [0.5, 0.6) is 5.88 Å². The van der Waals surface area contributed by atoms with Crippen LogP contribution in [0, 0.1) is 5.92 Å². The molecule has 0 radical (unpaired) electrons. The molecule has 1 atom stereocenters. The molecular weight excluding hydrogens is 200 g/mol. The Balaban J connectivity index is 2.44. The number of rotatable bonds is 7. The molecule has 0 aromatic carbocycles. The van der Waals surface area contributed by atoms with Gasteiger partial charge in [-0.1, -0.05) is 26.3 Å². The van der Waals surface area contributed by atoms with Gasteiger partial charge in [-0.25, -0.2) is 0 Å². The molecule has 1 N–H and O–H groups in total. The van der Waals surface area contributed by atoms with Crippen molar-refractivity contribution in [1.29, 1.82) is 0 Å². The van der Waals surface area contributed by atoms with Gasteiger partial charge in [0.25, 0.3) is 0 Å². The lowest BCUT2D eigenvalue weighted by Crippen LogP contribution is -2.09. The van der Waals surface area contributed by atoms with E-state index in [-0.39, 0.29) is 0 Å². The Morgan fingerprint density at radius 1 is 1.38 bits per heavy atom. The Bertz CT molecular complexity index is 302. The third-order valence-corrected chi connectivity index (χ3v) is 2.38. The molecule has 1 rings (SSSR count). The molecule has 16 heavy (non-hydrogen) atoms. The highest BCUT2D eigenvalue weighted by Crippen LogP contribution is 2.13. The van der Waals surface area contributed by atoms with E-state index in [0.29, 0.717) is 11.8 Å². The fourth-order valence-corrected chi connectivity index (χ4v) is 1.58. The summed E-state index contributed by atoms with van der Waals surface area (Å²) in [6.07, 6.45) is 2.41. The number of ether oxygens (including phenoxy) is 1. The second kappa shape index (κ2) is 7.09. The Morgan fingerprint density at radius 3 is 2.88 bits per heavy atom. The van der Waals surface area contributed by atoms with Gasteiger partial charge >= 0.3 is 0 Å². The van der Waals surface area contributed by atoms with Crippen LogP contribution in [0.25, 0.3) is 0 Å². The quantitative estimate of drug-likeness (QED) is 0.768. The maximum atomic E-state index is 5.66. The molecule has 0 aliphatic carbocycles. The molecule has 1 unspecified atom stereocenters. The van der Waals surface area contributed by atoms with Crippen molar-refractivity contribution in [3.05, 3.63) is 18.2 Å². The minimum Gasteiger partial charge on any atom is -0.477 e. The van der Waals surface area contributed by atoms with Crippen LogP contribution in [-0.4, -0.2) is 18.1 Å². The van der Waals surface area contributed by atoms with Gasteiger partial charge in [0.2, 0.25) is 5.88 Å². The second-order valence-corrected chi connectivity index (χ2v) is 4.10. The molecule has 0 amide bonds. The molecule has 0 aliphatic heterocycles. The molecule has 1 aromatic heterocycles. The van der Waals surface area contributed by atoms with E-state index in [2.05, 4.69) is 31.1 Å². The summed E-state index contributed by atoms with van der Waals surface area (Å²) in [5, 5.41) is 3.17. The molecule has 0 saturated carbocycles. The van der Waals surface area contributed by atoms with E-state index in [1.807, 2.05) is 18.2 Å². The summed E-state index contributed by atoms with van der Waals surface area (Å²) in [5.74, 6) is 2.18. The van der Waals surface area contributed by atoms with Crippen molar-refractivity contribution >= 4 is 5.82 Å². The predicted molar refractivity (Wildman–Crippen MR) is 68.0 cm³/mol. The summed E-state index contributed by atoms with van der Waals surface area (Å²) in [5.41, 5.74) is 0. The Labute approximate surface area is 98.2 Å². The first-order valence-electron chi connectivity index (χ1n) is 6.10. The van der Waals surface area contributed by atoms with E-state index in [9.17, 15) is 0 Å². The largest absolute Gasteiger partial charge is 0.477 e. The molecule has 0 bridgehead atoms. The van der Waals surface area contributed by atoms with Crippen molar-refractivity contribution in [1.82, 2.24) is 4.98 Å². The minimum atomic E-state index is 0.592. The number of nitrogens with zero attached hydrogens (tertiary/aromatic N) is 1. The summed E-state index contributed by atoms with van der Waals surface area (Å²) < 4.78 is 5.66. The summed E-state index contributed by atoms with van der Waals surface area (Å²) >= 11 is 0. The van der Waals surface area contributed by atoms with Crippen molar-refractivity contribution in [3.8, 4) is 5.88 Å². The monoisotopic (exact) mass is 222 g/mol. The van der Waals surface area contributed by atoms with Crippen LogP contribution < -0.4 is 10.1 Å². The summed E-state index contributed by atoms with van der Waals surface area (Å²) in [6, 6.07) is 5.82. The highest BCUT2D eigenvalue weighted by atomic mass is 16.5. The maximum absolute atomic E-state index is 5.66. The fraction of sp³-hybridized carbons (Fsp3) is 0.615. The normalized spacial score (nSPS) is 12.2. The topological polar surface area (TPSA) is 34.1 Å². The molecular formula is C13H22N2O. The van der Waals surface area contributed by atoms with E-state index in [1.54, 1.807) is 0 Å². The predicted octanol–water partition coefficient (Wildman–Crippen LogP) is 3.33. The molecule has 0 aliphatic rings. The molecule has 0 fully saturated rings. The molecule has 1 heterocycles. The van der Waals surface area contributed by atoms with Crippen LogP contribution in [0.15, 0.2) is 18.2 Å². The summed E-state index contributed by atoms with van der Waals surface area (Å²) in [6.45, 7) is 8.08. The van der Waals surface area contributed by atoms with Gasteiger partial charge in [0.15, 0.2) is 0 Å². The number of hydrogen-bond donors (Lipinski definition) is 1. The number of pyridine rings is 1. The van der Waals surface area contributed by atoms with Crippen LogP contribution >= 0.6 is 0 Å². The zero-order valence-corrected chi connectivity index (χ0v) is 10.5. The van der Waals surface area contributed by atoms with Crippen LogP contribution in [0.1, 0.15) is 33.6 Å². The molecule has 1 aromatic rings. The van der Waals surface area contributed by atoms with Gasteiger partial charge < -0.3 is 10.1 Å². The van der Waals surface area contributed by atoms with Gasteiger partial charge in [-0.15, -0.1) is 0 Å². The molecule has 0 saturated heterocycles. The van der Waals surface area contributed by atoms with Crippen LogP contribution in [0.3, 0.4) is 0 Å². The molecule has 0 spiro atoms. The van der Waals surface area contributed by atoms with Crippen molar-refractivity contribution in [2.45, 2.75) is 33.6 Å². The standard InChI is InChI=1S/C13H22N2O/c1-4-7-11(3)10-16-13-9-6-8-12(15-13)14-5-2/h6,8-9,11H,4-5,7,10H2,1-3H3,(H,14,15). The smallest absolute Gasteiger partial charge is 0.215 e. The lowest BCUT2D eigenvalue weighted by molar-refractivity contribution is 0.243. The summed E-state index contributed by atoms with van der Waals surface area (Å²) in [4.78, 5) is 4.36. The fourth-order valence-electron chi connectivity index (χ4n) is 1.58. The van der Waals surface area contributed by atoms with Gasteiger partial charge in [-0.2, -0.15) is 4.98 Å². The Kier molecular flexibility index (Phi) is 5.68. The first kappa shape index (κ1) is 12.8. The SMILES string of the molecule is CCCC(C)COc1cccc(NCC)n1. The molecule has 3 nitrogen and oxygen atoms in total. The zero-order valence-electron chi connectivity index (χ0n) is 10.5. The second-order valence-electron chi connectivity index (χ2n) is 4.10. The number of aromatic nitrogens is 1. The zero-order chi connectivity index (χ0) is 11.8. The van der Waals surface area contributed by atoms with E-state index in [4.69, 9.17) is 4.74 Å². The van der Waals surface area contributed by atoms with Crippen molar-refractivity contribution in [3.63, 3.8) is 0 Å². The first-order chi connectivity index (χ1) is 7.76. The van der Waals surface area contributed by atoms with Gasteiger partial charge in [-0.05, 0) is 25.3 Å². The van der Waals surface area contributed by atoms with Crippen molar-refractivity contribution in [2.24, 2.45) is 5.92 Å². The van der Waals surface area contributed by atoms with E-state index in [0.717, 1.165) is 19.0 Å². The average molecular weight is 222 g/mol. The summed E-state index contributed by atoms with van der Waals surface area (Å²) in [7, 11) is 0. The van der Waals surface area contributed by atoms with E-state index in [1.165, 1.54) is 12.8 Å². The number of nitrogens with one attached hydrogen (secondary N) is 1. The van der Waals surface area contributed by atoms with Crippen LogP contribution in [0.2, 0.25) is 0 Å². The molecule has 90 valence electrons. The van der Waals surface area contributed by atoms with E-state index < -0.39 is 0 Å². The highest BCUT2D eigenvalue weighted by molar-refractivity contribution is 5.36. The van der Waals surface area contributed by atoms with E-state index >= 15 is 0 Å². The Hall–Kier alpha value is -1.25. The minimum absolute atomic E-state index is 0.592. The number of anilines is 1. The van der Waals surface area contributed by atoms with Crippen molar-refractivity contribution in [2.75, 3.05) is 18.5 Å². The maximum Gasteiger partial charge on any atom is 0.215 e. The van der Waals surface area contributed by atoms with Gasteiger partial charge in [-0.3, -0.25) is 0 Å².